The SMILES string of the molecule is O=S(=O)(O)OC[C@H]1O[C@@H](OS(=O)(=O)O)[C@H](OS(=O)(=O)O)[C@@H](OS(=O)(=O)O)[C@@H]1OS(=O)(=O)O. The molecule has 0 bridgehead atoms. The van der Waals surface area contributed by atoms with Crippen molar-refractivity contribution >= 4 is 52.0 Å². The normalized spacial score (nSPS) is 28.5. The molecule has 0 aromatic rings. The van der Waals surface area contributed by atoms with Gasteiger partial charge in [0, 0.05) is 0 Å². The molecule has 1 heterocycles. The van der Waals surface area contributed by atoms with Crippen LogP contribution in [-0.4, -0.2) is 102 Å². The van der Waals surface area contributed by atoms with E-state index >= 15 is 0 Å². The molecule has 1 aliphatic rings. The summed E-state index contributed by atoms with van der Waals surface area (Å²) in [6.45, 7) is -1.62. The van der Waals surface area contributed by atoms with Gasteiger partial charge in [-0.15, -0.1) is 0 Å². The van der Waals surface area contributed by atoms with Crippen LogP contribution in [-0.2, 0) is 77.6 Å². The average Bonchev–Trinajstić information content (AvgIpc) is 2.45. The molecule has 21 nitrogen and oxygen atoms in total. The highest BCUT2D eigenvalue weighted by Gasteiger charge is 2.55. The summed E-state index contributed by atoms with van der Waals surface area (Å²) in [6, 6.07) is 0. The molecule has 192 valence electrons. The van der Waals surface area contributed by atoms with Gasteiger partial charge in [0.25, 0.3) is 0 Å². The first-order chi connectivity index (χ1) is 14.0. The van der Waals surface area contributed by atoms with Gasteiger partial charge in [0.2, 0.25) is 6.29 Å². The molecule has 0 spiro atoms. The summed E-state index contributed by atoms with van der Waals surface area (Å²) in [4.78, 5) is 0. The van der Waals surface area contributed by atoms with Crippen LogP contribution in [0.25, 0.3) is 0 Å². The van der Waals surface area contributed by atoms with Gasteiger partial charge in [0.05, 0.1) is 6.61 Å². The Labute approximate surface area is 179 Å². The third kappa shape index (κ3) is 11.4. The number of hydrogen-bond donors (Lipinski definition) is 5. The van der Waals surface area contributed by atoms with E-state index in [1.165, 1.54) is 0 Å². The quantitative estimate of drug-likeness (QED) is 0.145. The highest BCUT2D eigenvalue weighted by Crippen LogP contribution is 2.32. The lowest BCUT2D eigenvalue weighted by Crippen LogP contribution is -2.63. The molecule has 5 atom stereocenters. The van der Waals surface area contributed by atoms with Crippen LogP contribution in [0.4, 0.5) is 0 Å². The molecule has 0 saturated carbocycles. The van der Waals surface area contributed by atoms with Crippen molar-refractivity contribution in [2.24, 2.45) is 0 Å². The molecular weight excluding hydrogens is 568 g/mol. The van der Waals surface area contributed by atoms with E-state index in [1.54, 1.807) is 0 Å². The Morgan fingerprint density at radius 1 is 0.531 bits per heavy atom. The minimum atomic E-state index is -5.78. The largest absolute Gasteiger partial charge is 0.399 e. The molecule has 0 aliphatic carbocycles. The van der Waals surface area contributed by atoms with Gasteiger partial charge in [0.1, 0.15) is 18.3 Å². The lowest BCUT2D eigenvalue weighted by Gasteiger charge is -2.42. The summed E-state index contributed by atoms with van der Waals surface area (Å²) in [5.41, 5.74) is 0. The van der Waals surface area contributed by atoms with E-state index in [2.05, 4.69) is 25.7 Å². The van der Waals surface area contributed by atoms with E-state index < -0.39 is 89.3 Å². The second-order valence-corrected chi connectivity index (χ2v) is 10.5. The smallest absolute Gasteiger partial charge is 0.340 e. The van der Waals surface area contributed by atoms with Gasteiger partial charge in [-0.3, -0.25) is 22.8 Å². The molecular formula is C6H12O21S5. The van der Waals surface area contributed by atoms with E-state index in [0.29, 0.717) is 0 Å². The molecule has 32 heavy (non-hydrogen) atoms. The van der Waals surface area contributed by atoms with Gasteiger partial charge in [-0.2, -0.15) is 42.1 Å². The van der Waals surface area contributed by atoms with Crippen molar-refractivity contribution in [1.29, 1.82) is 0 Å². The van der Waals surface area contributed by atoms with Crippen molar-refractivity contribution in [1.82, 2.24) is 0 Å². The molecule has 0 aromatic carbocycles. The van der Waals surface area contributed by atoms with Gasteiger partial charge in [-0.05, 0) is 0 Å². The zero-order valence-electron chi connectivity index (χ0n) is 14.4. The summed E-state index contributed by atoms with van der Waals surface area (Å²) in [5.74, 6) is 0. The first-order valence-corrected chi connectivity index (χ1v) is 13.7. The predicted octanol–water partition coefficient (Wildman–Crippen LogP) is -4.09. The Balaban J connectivity index is 3.67. The minimum Gasteiger partial charge on any atom is -0.340 e. The fourth-order valence-corrected chi connectivity index (χ4v) is 4.31. The average molecular weight is 580 g/mol. The molecule has 26 heteroatoms. The molecule has 0 radical (unpaired) electrons. The third-order valence-electron chi connectivity index (χ3n) is 2.89. The highest BCUT2D eigenvalue weighted by atomic mass is 32.3. The summed E-state index contributed by atoms with van der Waals surface area (Å²) >= 11 is 0. The molecule has 1 rings (SSSR count). The zero-order chi connectivity index (χ0) is 25.3. The summed E-state index contributed by atoms with van der Waals surface area (Å²) in [7, 11) is -28.3. The van der Waals surface area contributed by atoms with E-state index in [9.17, 15) is 42.1 Å². The fraction of sp³-hybridized carbons (Fsp3) is 1.00. The second kappa shape index (κ2) is 9.89. The van der Waals surface area contributed by atoms with Crippen molar-refractivity contribution in [3.8, 4) is 0 Å². The van der Waals surface area contributed by atoms with Crippen LogP contribution >= 0.6 is 0 Å². The van der Waals surface area contributed by atoms with Crippen molar-refractivity contribution in [2.75, 3.05) is 6.61 Å². The van der Waals surface area contributed by atoms with Crippen LogP contribution in [0.3, 0.4) is 0 Å². The van der Waals surface area contributed by atoms with Crippen molar-refractivity contribution in [3.63, 3.8) is 0 Å². The maximum absolute atomic E-state index is 11.1. The maximum Gasteiger partial charge on any atom is 0.399 e. The van der Waals surface area contributed by atoms with E-state index in [4.69, 9.17) is 22.8 Å². The van der Waals surface area contributed by atoms with Gasteiger partial charge in [-0.25, -0.2) is 20.9 Å². The number of rotatable bonds is 11. The molecule has 5 N–H and O–H groups in total. The van der Waals surface area contributed by atoms with Gasteiger partial charge < -0.3 is 4.74 Å². The molecule has 0 unspecified atom stereocenters. The van der Waals surface area contributed by atoms with Gasteiger partial charge in [0.15, 0.2) is 6.10 Å². The van der Waals surface area contributed by atoms with E-state index in [-0.39, 0.29) is 0 Å². The van der Waals surface area contributed by atoms with Crippen LogP contribution in [0.1, 0.15) is 0 Å². The Morgan fingerprint density at radius 2 is 0.906 bits per heavy atom. The summed E-state index contributed by atoms with van der Waals surface area (Å²) in [6.07, 6.45) is -14.2. The van der Waals surface area contributed by atoms with Crippen LogP contribution < -0.4 is 0 Å². The fourth-order valence-electron chi connectivity index (χ4n) is 2.11. The predicted molar refractivity (Wildman–Crippen MR) is 88.1 cm³/mol. The minimum absolute atomic E-state index is 1.62. The third-order valence-corrected chi connectivity index (χ3v) is 5.15. The first-order valence-electron chi connectivity index (χ1n) is 6.86. The molecule has 1 aliphatic heterocycles. The number of ether oxygens (including phenoxy) is 1. The maximum atomic E-state index is 11.1. The first kappa shape index (κ1) is 29.3. The van der Waals surface area contributed by atoms with Crippen molar-refractivity contribution in [3.05, 3.63) is 0 Å². The lowest BCUT2D eigenvalue weighted by molar-refractivity contribution is -0.261. The van der Waals surface area contributed by atoms with Gasteiger partial charge >= 0.3 is 52.0 Å². The topological polar surface area (TPSA) is 327 Å². The number of hydrogen-bond acceptors (Lipinski definition) is 16. The Kier molecular flexibility index (Phi) is 9.07. The second-order valence-electron chi connectivity index (χ2n) is 5.24. The van der Waals surface area contributed by atoms with Crippen LogP contribution in [0, 0.1) is 0 Å². The Morgan fingerprint density at radius 3 is 1.28 bits per heavy atom. The lowest BCUT2D eigenvalue weighted by atomic mass is 9.99. The zero-order valence-corrected chi connectivity index (χ0v) is 18.5. The van der Waals surface area contributed by atoms with Crippen LogP contribution in [0.5, 0.6) is 0 Å². The van der Waals surface area contributed by atoms with Gasteiger partial charge in [-0.1, -0.05) is 0 Å². The molecule has 0 amide bonds. The molecule has 1 saturated heterocycles. The monoisotopic (exact) mass is 580 g/mol. The Bertz CT molecular complexity index is 1190. The molecule has 0 aromatic heterocycles. The van der Waals surface area contributed by atoms with Crippen molar-refractivity contribution < 1.29 is 90.5 Å². The standard InChI is InChI=1S/C6H12O21S5/c7-28(8,9)22-1-2-3(24-29(10,11)12)4(25-30(13,14)15)5(26-31(16,17)18)6(23-2)27-32(19,20)21/h2-6H,1H2,(H,7,8,9)(H,10,11,12)(H,13,14,15)(H,16,17,18)(H,19,20,21)/t2-,3-,4+,5-,6+/m1/s1. The summed E-state index contributed by atoms with van der Waals surface area (Å²) in [5, 5.41) is 0. The van der Waals surface area contributed by atoms with E-state index in [0.717, 1.165) is 0 Å². The van der Waals surface area contributed by atoms with Crippen LogP contribution in [0.15, 0.2) is 0 Å². The molecule has 1 fully saturated rings. The highest BCUT2D eigenvalue weighted by molar-refractivity contribution is 7.82. The van der Waals surface area contributed by atoms with E-state index in [1.807, 2.05) is 0 Å². The Hall–Kier alpha value is -0.690. The van der Waals surface area contributed by atoms with Crippen LogP contribution in [0.2, 0.25) is 0 Å². The van der Waals surface area contributed by atoms with Crippen molar-refractivity contribution in [2.45, 2.75) is 30.7 Å². The summed E-state index contributed by atoms with van der Waals surface area (Å²) < 4.78 is 178.